The van der Waals surface area contributed by atoms with E-state index in [0.29, 0.717) is 11.4 Å². The molecule has 0 saturated heterocycles. The Labute approximate surface area is 107 Å². The van der Waals surface area contributed by atoms with E-state index in [2.05, 4.69) is 5.32 Å². The van der Waals surface area contributed by atoms with Crippen molar-refractivity contribution in [2.75, 3.05) is 18.9 Å². The largest absolute Gasteiger partial charge is 0.493 e. The smallest absolute Gasteiger partial charge is 0.223 e. The highest BCUT2D eigenvalue weighted by Crippen LogP contribution is 2.14. The summed E-state index contributed by atoms with van der Waals surface area (Å²) in [7, 11) is 0. The first-order valence-corrected chi connectivity index (χ1v) is 5.83. The minimum absolute atomic E-state index is 0.102. The number of amides is 1. The Hall–Kier alpha value is -1.75. The van der Waals surface area contributed by atoms with Gasteiger partial charge in [0.15, 0.2) is 0 Å². The minimum Gasteiger partial charge on any atom is -0.493 e. The molecule has 4 N–H and O–H groups in total. The summed E-state index contributed by atoms with van der Waals surface area (Å²) in [5.41, 5.74) is 5.62. The predicted molar refractivity (Wildman–Crippen MR) is 70.3 cm³/mol. The molecular formula is C13H20N2O3. The van der Waals surface area contributed by atoms with Crippen LogP contribution >= 0.6 is 0 Å². The molecule has 0 aliphatic rings. The number of anilines is 1. The van der Waals surface area contributed by atoms with Gasteiger partial charge in [-0.2, -0.15) is 0 Å². The highest BCUT2D eigenvalue weighted by Gasteiger charge is 2.18. The zero-order chi connectivity index (χ0) is 13.6. The van der Waals surface area contributed by atoms with Gasteiger partial charge in [0, 0.05) is 11.8 Å². The monoisotopic (exact) mass is 252 g/mol. The van der Waals surface area contributed by atoms with Gasteiger partial charge in [0.2, 0.25) is 5.91 Å². The lowest BCUT2D eigenvalue weighted by Crippen LogP contribution is -2.46. The van der Waals surface area contributed by atoms with Crippen LogP contribution in [0.5, 0.6) is 5.75 Å². The Morgan fingerprint density at radius 3 is 2.83 bits per heavy atom. The second-order valence-corrected chi connectivity index (χ2v) is 4.76. The molecule has 18 heavy (non-hydrogen) atoms. The lowest BCUT2D eigenvalue weighted by atomic mass is 10.1. The van der Waals surface area contributed by atoms with Gasteiger partial charge in [-0.05, 0) is 26.0 Å². The summed E-state index contributed by atoms with van der Waals surface area (Å²) in [5, 5.41) is 11.7. The Morgan fingerprint density at radius 2 is 2.22 bits per heavy atom. The van der Waals surface area contributed by atoms with E-state index in [-0.39, 0.29) is 25.5 Å². The zero-order valence-corrected chi connectivity index (χ0v) is 10.8. The quantitative estimate of drug-likeness (QED) is 0.657. The van der Waals surface area contributed by atoms with Gasteiger partial charge in [-0.1, -0.05) is 6.07 Å². The SMILES string of the molecule is CC(C)(CO)NC(=O)CCOc1cccc(N)c1. The van der Waals surface area contributed by atoms with E-state index in [1.807, 2.05) is 0 Å². The van der Waals surface area contributed by atoms with Crippen LogP contribution in [0.2, 0.25) is 0 Å². The summed E-state index contributed by atoms with van der Waals surface area (Å²) in [5.74, 6) is 0.488. The van der Waals surface area contributed by atoms with Crippen LogP contribution in [0.3, 0.4) is 0 Å². The van der Waals surface area contributed by atoms with Gasteiger partial charge in [-0.3, -0.25) is 4.79 Å². The Bertz CT molecular complexity index is 405. The third kappa shape index (κ3) is 5.05. The normalized spacial score (nSPS) is 11.1. The third-order valence-electron chi connectivity index (χ3n) is 2.33. The molecule has 0 saturated carbocycles. The molecule has 0 unspecified atom stereocenters. The van der Waals surface area contributed by atoms with Crippen LogP contribution in [-0.4, -0.2) is 29.8 Å². The predicted octanol–water partition coefficient (Wildman–Crippen LogP) is 0.925. The lowest BCUT2D eigenvalue weighted by Gasteiger charge is -2.23. The maximum Gasteiger partial charge on any atom is 0.223 e. The molecular weight excluding hydrogens is 232 g/mol. The van der Waals surface area contributed by atoms with Gasteiger partial charge >= 0.3 is 0 Å². The van der Waals surface area contributed by atoms with Crippen molar-refractivity contribution in [1.82, 2.24) is 5.32 Å². The fourth-order valence-electron chi connectivity index (χ4n) is 1.35. The van der Waals surface area contributed by atoms with Crippen molar-refractivity contribution < 1.29 is 14.6 Å². The van der Waals surface area contributed by atoms with Crippen LogP contribution in [0.1, 0.15) is 20.3 Å². The lowest BCUT2D eigenvalue weighted by molar-refractivity contribution is -0.123. The number of nitrogen functional groups attached to an aromatic ring is 1. The van der Waals surface area contributed by atoms with Gasteiger partial charge < -0.3 is 20.9 Å². The van der Waals surface area contributed by atoms with E-state index in [1.165, 1.54) is 0 Å². The number of carbonyl (C=O) groups is 1. The summed E-state index contributed by atoms with van der Waals surface area (Å²) in [6, 6.07) is 7.05. The Balaban J connectivity index is 2.32. The molecule has 0 atom stereocenters. The Morgan fingerprint density at radius 1 is 1.50 bits per heavy atom. The van der Waals surface area contributed by atoms with Crippen LogP contribution < -0.4 is 15.8 Å². The van der Waals surface area contributed by atoms with Crippen LogP contribution in [0, 0.1) is 0 Å². The number of hydrogen-bond donors (Lipinski definition) is 3. The van der Waals surface area contributed by atoms with Crippen molar-refractivity contribution in [3.05, 3.63) is 24.3 Å². The second kappa shape index (κ2) is 6.26. The molecule has 5 heteroatoms. The number of benzene rings is 1. The maximum absolute atomic E-state index is 11.5. The average Bonchev–Trinajstić information content (AvgIpc) is 2.28. The summed E-state index contributed by atoms with van der Waals surface area (Å²) in [4.78, 5) is 11.5. The Kier molecular flexibility index (Phi) is 4.97. The second-order valence-electron chi connectivity index (χ2n) is 4.76. The first-order valence-electron chi connectivity index (χ1n) is 5.83. The standard InChI is InChI=1S/C13H20N2O3/c1-13(2,9-16)15-12(17)6-7-18-11-5-3-4-10(14)8-11/h3-5,8,16H,6-7,9,14H2,1-2H3,(H,15,17). The molecule has 0 aromatic heterocycles. The third-order valence-corrected chi connectivity index (χ3v) is 2.33. The number of rotatable bonds is 6. The molecule has 1 aromatic carbocycles. The van der Waals surface area contributed by atoms with E-state index in [1.54, 1.807) is 38.1 Å². The van der Waals surface area contributed by atoms with E-state index >= 15 is 0 Å². The molecule has 5 nitrogen and oxygen atoms in total. The number of ether oxygens (including phenoxy) is 1. The summed E-state index contributed by atoms with van der Waals surface area (Å²) < 4.78 is 5.40. The molecule has 0 aliphatic carbocycles. The van der Waals surface area contributed by atoms with Crippen LogP contribution in [0.15, 0.2) is 24.3 Å². The molecule has 1 amide bonds. The number of hydrogen-bond acceptors (Lipinski definition) is 4. The molecule has 0 bridgehead atoms. The van der Waals surface area contributed by atoms with Crippen molar-refractivity contribution in [1.29, 1.82) is 0 Å². The van der Waals surface area contributed by atoms with Crippen molar-refractivity contribution in [2.45, 2.75) is 25.8 Å². The molecule has 0 fully saturated rings. The van der Waals surface area contributed by atoms with Crippen LogP contribution in [0.25, 0.3) is 0 Å². The number of nitrogens with two attached hydrogens (primary N) is 1. The fourth-order valence-corrected chi connectivity index (χ4v) is 1.35. The van der Waals surface area contributed by atoms with Gasteiger partial charge in [-0.15, -0.1) is 0 Å². The van der Waals surface area contributed by atoms with Crippen LogP contribution in [-0.2, 0) is 4.79 Å². The first-order chi connectivity index (χ1) is 8.43. The topological polar surface area (TPSA) is 84.6 Å². The summed E-state index contributed by atoms with van der Waals surface area (Å²) in [6.07, 6.45) is 0.234. The summed E-state index contributed by atoms with van der Waals surface area (Å²) in [6.45, 7) is 3.68. The van der Waals surface area contributed by atoms with Gasteiger partial charge in [0.05, 0.1) is 25.2 Å². The van der Waals surface area contributed by atoms with Gasteiger partial charge in [0.1, 0.15) is 5.75 Å². The average molecular weight is 252 g/mol. The fraction of sp³-hybridized carbons (Fsp3) is 0.462. The first kappa shape index (κ1) is 14.3. The van der Waals surface area contributed by atoms with Crippen molar-refractivity contribution in [2.24, 2.45) is 0 Å². The molecule has 0 radical (unpaired) electrons. The van der Waals surface area contributed by atoms with Gasteiger partial charge in [-0.25, -0.2) is 0 Å². The number of aliphatic hydroxyl groups is 1. The zero-order valence-electron chi connectivity index (χ0n) is 10.8. The molecule has 1 aromatic rings. The number of aliphatic hydroxyl groups excluding tert-OH is 1. The van der Waals surface area contributed by atoms with E-state index in [0.717, 1.165) is 0 Å². The highest BCUT2D eigenvalue weighted by molar-refractivity contribution is 5.76. The number of carbonyl (C=O) groups excluding carboxylic acids is 1. The van der Waals surface area contributed by atoms with Gasteiger partial charge in [0.25, 0.3) is 0 Å². The molecule has 1 rings (SSSR count). The van der Waals surface area contributed by atoms with E-state index in [9.17, 15) is 4.79 Å². The molecule has 0 heterocycles. The molecule has 0 aliphatic heterocycles. The van der Waals surface area contributed by atoms with Crippen molar-refractivity contribution in [3.63, 3.8) is 0 Å². The number of nitrogens with one attached hydrogen (secondary N) is 1. The van der Waals surface area contributed by atoms with E-state index in [4.69, 9.17) is 15.6 Å². The highest BCUT2D eigenvalue weighted by atomic mass is 16.5. The molecule has 100 valence electrons. The van der Waals surface area contributed by atoms with Crippen LogP contribution in [0.4, 0.5) is 5.69 Å². The maximum atomic E-state index is 11.5. The van der Waals surface area contributed by atoms with Crippen molar-refractivity contribution >= 4 is 11.6 Å². The molecule has 0 spiro atoms. The van der Waals surface area contributed by atoms with Crippen molar-refractivity contribution in [3.8, 4) is 5.75 Å². The summed E-state index contributed by atoms with van der Waals surface area (Å²) >= 11 is 0. The van der Waals surface area contributed by atoms with E-state index < -0.39 is 5.54 Å². The minimum atomic E-state index is -0.603.